The Morgan fingerprint density at radius 2 is 2.06 bits per heavy atom. The molecule has 2 saturated carbocycles. The first-order chi connectivity index (χ1) is 7.63. The van der Waals surface area contributed by atoms with Gasteiger partial charge in [-0.05, 0) is 51.1 Å². The predicted octanol–water partition coefficient (Wildman–Crippen LogP) is 1.08. The molecule has 2 fully saturated rings. The van der Waals surface area contributed by atoms with E-state index in [0.29, 0.717) is 0 Å². The molecule has 2 N–H and O–H groups in total. The van der Waals surface area contributed by atoms with Gasteiger partial charge in [0, 0.05) is 19.1 Å². The van der Waals surface area contributed by atoms with Crippen LogP contribution in [0.2, 0.25) is 0 Å². The van der Waals surface area contributed by atoms with Crippen LogP contribution >= 0.6 is 0 Å². The predicted molar refractivity (Wildman–Crippen MR) is 66.4 cm³/mol. The molecule has 2 aliphatic rings. The van der Waals surface area contributed by atoms with E-state index < -0.39 is 0 Å². The Labute approximate surface area is 99.2 Å². The molecule has 0 aromatic heterocycles. The van der Waals surface area contributed by atoms with Crippen LogP contribution in [-0.4, -0.2) is 48.8 Å². The molecule has 0 radical (unpaired) electrons. The van der Waals surface area contributed by atoms with Gasteiger partial charge >= 0.3 is 0 Å². The molecular weight excluding hydrogens is 200 g/mol. The van der Waals surface area contributed by atoms with E-state index in [9.17, 15) is 5.11 Å². The molecule has 0 bridgehead atoms. The minimum Gasteiger partial charge on any atom is -0.393 e. The molecule has 0 saturated heterocycles. The highest BCUT2D eigenvalue weighted by Crippen LogP contribution is 2.27. The molecule has 1 atom stereocenters. The Morgan fingerprint density at radius 3 is 2.62 bits per heavy atom. The molecule has 94 valence electrons. The monoisotopic (exact) mass is 226 g/mol. The fraction of sp³-hybridized carbons (Fsp3) is 1.00. The van der Waals surface area contributed by atoms with Crippen LogP contribution < -0.4 is 5.32 Å². The Balaban J connectivity index is 1.52. The summed E-state index contributed by atoms with van der Waals surface area (Å²) < 4.78 is 0. The van der Waals surface area contributed by atoms with Gasteiger partial charge in [-0.2, -0.15) is 0 Å². The number of nitrogens with zero attached hydrogens (tertiary/aromatic N) is 1. The Hall–Kier alpha value is -0.120. The summed E-state index contributed by atoms with van der Waals surface area (Å²) >= 11 is 0. The quantitative estimate of drug-likeness (QED) is 0.682. The van der Waals surface area contributed by atoms with Gasteiger partial charge in [-0.3, -0.25) is 0 Å². The molecule has 0 spiro atoms. The lowest BCUT2D eigenvalue weighted by atomic mass is 9.82. The largest absolute Gasteiger partial charge is 0.393 e. The standard InChI is InChI=1S/C13H26N2O/c1-10(7-14-12-3-4-12)8-15(2)9-11-5-13(16)6-11/h10-14,16H,3-9H2,1-2H3. The number of aliphatic hydroxyl groups is 1. The van der Waals surface area contributed by atoms with Crippen molar-refractivity contribution in [3.05, 3.63) is 0 Å². The number of nitrogens with one attached hydrogen (secondary N) is 1. The number of hydrogen-bond donors (Lipinski definition) is 2. The lowest BCUT2D eigenvalue weighted by molar-refractivity contribution is 0.0267. The van der Waals surface area contributed by atoms with Crippen LogP contribution in [0.5, 0.6) is 0 Å². The summed E-state index contributed by atoms with van der Waals surface area (Å²) in [5, 5.41) is 12.8. The fourth-order valence-electron chi connectivity index (χ4n) is 2.62. The Bertz CT molecular complexity index is 212. The summed E-state index contributed by atoms with van der Waals surface area (Å²) in [6.45, 7) is 5.81. The van der Waals surface area contributed by atoms with E-state index in [0.717, 1.165) is 43.8 Å². The maximum Gasteiger partial charge on any atom is 0.0546 e. The molecule has 0 amide bonds. The summed E-state index contributed by atoms with van der Waals surface area (Å²) in [5.41, 5.74) is 0. The number of rotatable bonds is 7. The zero-order valence-electron chi connectivity index (χ0n) is 10.7. The number of aliphatic hydroxyl groups excluding tert-OH is 1. The van der Waals surface area contributed by atoms with Crippen LogP contribution in [-0.2, 0) is 0 Å². The maximum absolute atomic E-state index is 9.24. The third-order valence-corrected chi connectivity index (χ3v) is 3.74. The highest BCUT2D eigenvalue weighted by molar-refractivity contribution is 4.83. The van der Waals surface area contributed by atoms with Crippen LogP contribution in [0.1, 0.15) is 32.6 Å². The first kappa shape index (κ1) is 12.3. The molecule has 0 aliphatic heterocycles. The van der Waals surface area contributed by atoms with Gasteiger partial charge in [-0.1, -0.05) is 6.92 Å². The molecule has 2 aliphatic carbocycles. The highest BCUT2D eigenvalue weighted by atomic mass is 16.3. The van der Waals surface area contributed by atoms with Gasteiger partial charge in [0.05, 0.1) is 6.10 Å². The van der Waals surface area contributed by atoms with Crippen molar-refractivity contribution in [2.75, 3.05) is 26.7 Å². The highest BCUT2D eigenvalue weighted by Gasteiger charge is 2.28. The molecular formula is C13H26N2O. The van der Waals surface area contributed by atoms with Crippen molar-refractivity contribution in [2.24, 2.45) is 11.8 Å². The van der Waals surface area contributed by atoms with Crippen LogP contribution in [0.15, 0.2) is 0 Å². The topological polar surface area (TPSA) is 35.5 Å². The summed E-state index contributed by atoms with van der Waals surface area (Å²) in [6, 6.07) is 0.828. The van der Waals surface area contributed by atoms with Crippen molar-refractivity contribution in [3.8, 4) is 0 Å². The third-order valence-electron chi connectivity index (χ3n) is 3.74. The van der Waals surface area contributed by atoms with Crippen molar-refractivity contribution in [3.63, 3.8) is 0 Å². The van der Waals surface area contributed by atoms with E-state index in [-0.39, 0.29) is 6.10 Å². The van der Waals surface area contributed by atoms with Gasteiger partial charge in [0.25, 0.3) is 0 Å². The maximum atomic E-state index is 9.24. The first-order valence-electron chi connectivity index (χ1n) is 6.73. The number of hydrogen-bond acceptors (Lipinski definition) is 3. The van der Waals surface area contributed by atoms with E-state index >= 15 is 0 Å². The van der Waals surface area contributed by atoms with E-state index in [1.807, 2.05) is 0 Å². The van der Waals surface area contributed by atoms with Crippen LogP contribution in [0.3, 0.4) is 0 Å². The Kier molecular flexibility index (Phi) is 4.22. The van der Waals surface area contributed by atoms with Gasteiger partial charge in [0.2, 0.25) is 0 Å². The molecule has 2 rings (SSSR count). The van der Waals surface area contributed by atoms with Gasteiger partial charge in [0.1, 0.15) is 0 Å². The van der Waals surface area contributed by atoms with Crippen LogP contribution in [0, 0.1) is 11.8 Å². The van der Waals surface area contributed by atoms with Crippen molar-refractivity contribution in [1.29, 1.82) is 0 Å². The molecule has 0 aromatic carbocycles. The summed E-state index contributed by atoms with van der Waals surface area (Å²) in [6.07, 6.45) is 4.77. The second-order valence-electron chi connectivity index (χ2n) is 6.00. The second kappa shape index (κ2) is 5.48. The first-order valence-corrected chi connectivity index (χ1v) is 6.73. The summed E-state index contributed by atoms with van der Waals surface area (Å²) in [4.78, 5) is 2.43. The molecule has 0 heterocycles. The van der Waals surface area contributed by atoms with Crippen molar-refractivity contribution in [2.45, 2.75) is 44.8 Å². The van der Waals surface area contributed by atoms with Gasteiger partial charge in [0.15, 0.2) is 0 Å². The molecule has 16 heavy (non-hydrogen) atoms. The van der Waals surface area contributed by atoms with E-state index in [2.05, 4.69) is 24.2 Å². The van der Waals surface area contributed by atoms with Gasteiger partial charge < -0.3 is 15.3 Å². The minimum atomic E-state index is -0.00708. The van der Waals surface area contributed by atoms with Crippen molar-refractivity contribution in [1.82, 2.24) is 10.2 Å². The van der Waals surface area contributed by atoms with E-state index in [4.69, 9.17) is 0 Å². The van der Waals surface area contributed by atoms with E-state index in [1.165, 1.54) is 19.4 Å². The second-order valence-corrected chi connectivity index (χ2v) is 6.00. The zero-order chi connectivity index (χ0) is 11.5. The minimum absolute atomic E-state index is 0.00708. The zero-order valence-corrected chi connectivity index (χ0v) is 10.7. The lowest BCUT2D eigenvalue weighted by Crippen LogP contribution is -2.39. The fourth-order valence-corrected chi connectivity index (χ4v) is 2.62. The molecule has 3 heteroatoms. The average Bonchev–Trinajstić information content (AvgIpc) is 2.95. The van der Waals surface area contributed by atoms with Crippen LogP contribution in [0.25, 0.3) is 0 Å². The molecule has 1 unspecified atom stereocenters. The smallest absolute Gasteiger partial charge is 0.0546 e. The van der Waals surface area contributed by atoms with Crippen molar-refractivity contribution >= 4 is 0 Å². The summed E-state index contributed by atoms with van der Waals surface area (Å²) in [5.74, 6) is 1.47. The van der Waals surface area contributed by atoms with E-state index in [1.54, 1.807) is 0 Å². The average molecular weight is 226 g/mol. The Morgan fingerprint density at radius 1 is 1.38 bits per heavy atom. The SMILES string of the molecule is CC(CNC1CC1)CN(C)CC1CC(O)C1. The lowest BCUT2D eigenvalue weighted by Gasteiger charge is -2.35. The van der Waals surface area contributed by atoms with Gasteiger partial charge in [-0.25, -0.2) is 0 Å². The summed E-state index contributed by atoms with van der Waals surface area (Å²) in [7, 11) is 2.21. The molecule has 3 nitrogen and oxygen atoms in total. The normalized spacial score (nSPS) is 31.5. The third kappa shape index (κ3) is 4.04. The van der Waals surface area contributed by atoms with Crippen LogP contribution in [0.4, 0.5) is 0 Å². The molecule has 0 aromatic rings. The van der Waals surface area contributed by atoms with Gasteiger partial charge in [-0.15, -0.1) is 0 Å². The van der Waals surface area contributed by atoms with Crippen molar-refractivity contribution < 1.29 is 5.11 Å².